The van der Waals surface area contributed by atoms with Crippen molar-refractivity contribution in [3.63, 3.8) is 0 Å². The molecule has 2 aromatic rings. The van der Waals surface area contributed by atoms with Crippen LogP contribution in [0.4, 0.5) is 0 Å². The first kappa shape index (κ1) is 15.6. The summed E-state index contributed by atoms with van der Waals surface area (Å²) in [5, 5.41) is 0. The Morgan fingerprint density at radius 1 is 0.905 bits per heavy atom. The lowest BCUT2D eigenvalue weighted by atomic mass is 10.2. The fourth-order valence-corrected chi connectivity index (χ4v) is 1.87. The number of ether oxygens (including phenoxy) is 2. The number of aromatic nitrogens is 2. The van der Waals surface area contributed by atoms with Crippen molar-refractivity contribution in [2.75, 3.05) is 26.4 Å². The Morgan fingerprint density at radius 3 is 2.38 bits per heavy atom. The van der Waals surface area contributed by atoms with E-state index >= 15 is 0 Å². The minimum atomic E-state index is 0.464. The fourth-order valence-electron chi connectivity index (χ4n) is 1.87. The van der Waals surface area contributed by atoms with E-state index in [1.807, 2.05) is 43.3 Å². The van der Waals surface area contributed by atoms with E-state index in [1.165, 1.54) is 0 Å². The Kier molecular flexibility index (Phi) is 6.27. The highest BCUT2D eigenvalue weighted by Crippen LogP contribution is 2.15. The van der Waals surface area contributed by atoms with Gasteiger partial charge in [0.1, 0.15) is 0 Å². The van der Waals surface area contributed by atoms with E-state index in [0.29, 0.717) is 33.0 Å². The van der Waals surface area contributed by atoms with Gasteiger partial charge < -0.3 is 15.2 Å². The van der Waals surface area contributed by atoms with Crippen LogP contribution in [0.15, 0.2) is 36.4 Å². The fraction of sp³-hybridized carbons (Fsp3) is 0.375. The summed E-state index contributed by atoms with van der Waals surface area (Å²) in [5.74, 6) is 0. The molecule has 2 rings (SSSR count). The molecule has 0 aliphatic carbocycles. The zero-order chi connectivity index (χ0) is 14.9. The van der Waals surface area contributed by atoms with E-state index in [4.69, 9.17) is 15.2 Å². The molecule has 5 heteroatoms. The number of aryl methyl sites for hydroxylation is 1. The molecule has 0 spiro atoms. The summed E-state index contributed by atoms with van der Waals surface area (Å²) in [6.45, 7) is 4.62. The second-order valence-electron chi connectivity index (χ2n) is 4.63. The average Bonchev–Trinajstić information content (AvgIpc) is 2.51. The maximum absolute atomic E-state index is 5.53. The van der Waals surface area contributed by atoms with Gasteiger partial charge in [0.25, 0.3) is 0 Å². The molecule has 0 fully saturated rings. The van der Waals surface area contributed by atoms with Crippen molar-refractivity contribution >= 4 is 0 Å². The molecule has 112 valence electrons. The van der Waals surface area contributed by atoms with Crippen molar-refractivity contribution in [3.8, 4) is 11.4 Å². The van der Waals surface area contributed by atoms with Crippen LogP contribution in [0.2, 0.25) is 0 Å². The minimum Gasteiger partial charge on any atom is -0.378 e. The Labute approximate surface area is 125 Å². The van der Waals surface area contributed by atoms with E-state index in [0.717, 1.165) is 22.8 Å². The highest BCUT2D eigenvalue weighted by molar-refractivity contribution is 5.54. The molecule has 2 heterocycles. The molecule has 0 saturated heterocycles. The molecule has 0 aliphatic rings. The van der Waals surface area contributed by atoms with Gasteiger partial charge in [-0.25, -0.2) is 4.98 Å². The summed E-state index contributed by atoms with van der Waals surface area (Å²) >= 11 is 0. The molecule has 0 unspecified atom stereocenters. The number of nitrogens with zero attached hydrogens (tertiary/aromatic N) is 2. The van der Waals surface area contributed by atoms with E-state index in [2.05, 4.69) is 9.97 Å². The largest absolute Gasteiger partial charge is 0.378 e. The van der Waals surface area contributed by atoms with Gasteiger partial charge in [-0.05, 0) is 31.2 Å². The molecule has 0 amide bonds. The zero-order valence-corrected chi connectivity index (χ0v) is 12.3. The van der Waals surface area contributed by atoms with Gasteiger partial charge in [-0.3, -0.25) is 4.98 Å². The highest BCUT2D eigenvalue weighted by atomic mass is 16.5. The van der Waals surface area contributed by atoms with Gasteiger partial charge >= 0.3 is 0 Å². The molecule has 0 radical (unpaired) electrons. The predicted molar refractivity (Wildman–Crippen MR) is 81.7 cm³/mol. The van der Waals surface area contributed by atoms with Gasteiger partial charge in [-0.15, -0.1) is 0 Å². The topological polar surface area (TPSA) is 70.3 Å². The van der Waals surface area contributed by atoms with Gasteiger partial charge in [0.2, 0.25) is 0 Å². The van der Waals surface area contributed by atoms with Crippen molar-refractivity contribution in [2.24, 2.45) is 5.73 Å². The summed E-state index contributed by atoms with van der Waals surface area (Å²) < 4.78 is 10.8. The maximum atomic E-state index is 5.53. The monoisotopic (exact) mass is 287 g/mol. The Bertz CT molecular complexity index is 561. The highest BCUT2D eigenvalue weighted by Gasteiger charge is 2.03. The predicted octanol–water partition coefficient (Wildman–Crippen LogP) is 1.94. The van der Waals surface area contributed by atoms with E-state index in [-0.39, 0.29) is 0 Å². The van der Waals surface area contributed by atoms with Gasteiger partial charge in [-0.1, -0.05) is 12.1 Å². The first-order valence-corrected chi connectivity index (χ1v) is 7.05. The Hall–Kier alpha value is -1.82. The first-order chi connectivity index (χ1) is 10.3. The van der Waals surface area contributed by atoms with E-state index in [1.54, 1.807) is 0 Å². The summed E-state index contributed by atoms with van der Waals surface area (Å²) in [7, 11) is 0. The quantitative estimate of drug-likeness (QED) is 0.751. The van der Waals surface area contributed by atoms with E-state index in [9.17, 15) is 0 Å². The van der Waals surface area contributed by atoms with Crippen molar-refractivity contribution in [3.05, 3.63) is 47.8 Å². The standard InChI is InChI=1S/C16H21N3O2/c1-13-4-2-6-15(18-13)16-7-3-5-14(19-16)12-21-11-10-20-9-8-17/h2-7H,8-12,17H2,1H3. The third-order valence-corrected chi connectivity index (χ3v) is 2.84. The van der Waals surface area contributed by atoms with Crippen LogP contribution in [0.3, 0.4) is 0 Å². The zero-order valence-electron chi connectivity index (χ0n) is 12.3. The van der Waals surface area contributed by atoms with Crippen molar-refractivity contribution < 1.29 is 9.47 Å². The average molecular weight is 287 g/mol. The Balaban J connectivity index is 1.89. The molecule has 0 bridgehead atoms. The van der Waals surface area contributed by atoms with Crippen LogP contribution < -0.4 is 5.73 Å². The van der Waals surface area contributed by atoms with Gasteiger partial charge in [0, 0.05) is 12.2 Å². The van der Waals surface area contributed by atoms with Gasteiger partial charge in [0.05, 0.1) is 43.5 Å². The van der Waals surface area contributed by atoms with Crippen LogP contribution in [-0.2, 0) is 16.1 Å². The number of hydrogen-bond acceptors (Lipinski definition) is 5. The molecular formula is C16H21N3O2. The summed E-state index contributed by atoms with van der Waals surface area (Å²) in [5.41, 5.74) is 8.94. The molecule has 2 N–H and O–H groups in total. The SMILES string of the molecule is Cc1cccc(-c2cccc(COCCOCCN)n2)n1. The normalized spacial score (nSPS) is 10.8. The van der Waals surface area contributed by atoms with Crippen molar-refractivity contribution in [2.45, 2.75) is 13.5 Å². The summed E-state index contributed by atoms with van der Waals surface area (Å²) in [4.78, 5) is 9.05. The smallest absolute Gasteiger partial charge is 0.0890 e. The maximum Gasteiger partial charge on any atom is 0.0890 e. The number of hydrogen-bond donors (Lipinski definition) is 1. The number of pyridine rings is 2. The lowest BCUT2D eigenvalue weighted by Gasteiger charge is -2.06. The lowest BCUT2D eigenvalue weighted by Crippen LogP contribution is -2.12. The van der Waals surface area contributed by atoms with Gasteiger partial charge in [-0.2, -0.15) is 0 Å². The van der Waals surface area contributed by atoms with Crippen LogP contribution in [0.1, 0.15) is 11.4 Å². The minimum absolute atomic E-state index is 0.464. The van der Waals surface area contributed by atoms with Crippen molar-refractivity contribution in [1.29, 1.82) is 0 Å². The Morgan fingerprint density at radius 2 is 1.62 bits per heavy atom. The second-order valence-corrected chi connectivity index (χ2v) is 4.63. The molecule has 0 aliphatic heterocycles. The molecule has 0 atom stereocenters. The number of rotatable bonds is 8. The van der Waals surface area contributed by atoms with Crippen LogP contribution in [0.5, 0.6) is 0 Å². The lowest BCUT2D eigenvalue weighted by molar-refractivity contribution is 0.0422. The van der Waals surface area contributed by atoms with Crippen LogP contribution >= 0.6 is 0 Å². The number of nitrogens with two attached hydrogens (primary N) is 1. The molecule has 0 aromatic carbocycles. The van der Waals surface area contributed by atoms with Crippen molar-refractivity contribution in [1.82, 2.24) is 9.97 Å². The molecular weight excluding hydrogens is 266 g/mol. The van der Waals surface area contributed by atoms with Gasteiger partial charge in [0.15, 0.2) is 0 Å². The molecule has 0 saturated carbocycles. The van der Waals surface area contributed by atoms with Crippen LogP contribution in [-0.4, -0.2) is 36.3 Å². The summed E-state index contributed by atoms with van der Waals surface area (Å²) in [6, 6.07) is 11.8. The molecule has 2 aromatic heterocycles. The molecule has 5 nitrogen and oxygen atoms in total. The summed E-state index contributed by atoms with van der Waals surface area (Å²) in [6.07, 6.45) is 0. The second kappa shape index (κ2) is 8.46. The van der Waals surface area contributed by atoms with Crippen LogP contribution in [0.25, 0.3) is 11.4 Å². The third-order valence-electron chi connectivity index (χ3n) is 2.84. The van der Waals surface area contributed by atoms with Crippen LogP contribution in [0, 0.1) is 6.92 Å². The first-order valence-electron chi connectivity index (χ1n) is 7.05. The third kappa shape index (κ3) is 5.23. The molecule has 21 heavy (non-hydrogen) atoms. The van der Waals surface area contributed by atoms with E-state index < -0.39 is 0 Å².